The summed E-state index contributed by atoms with van der Waals surface area (Å²) in [5.41, 5.74) is -1.24. The molecule has 3 aliphatic rings. The minimum atomic E-state index is -0.922. The zero-order chi connectivity index (χ0) is 11.2. The summed E-state index contributed by atoms with van der Waals surface area (Å²) >= 11 is 0. The van der Waals surface area contributed by atoms with E-state index in [-0.39, 0.29) is 17.5 Å². The first kappa shape index (κ1) is 10.1. The molecule has 2 spiro atoms. The van der Waals surface area contributed by atoms with Crippen molar-refractivity contribution < 1.29 is 19.1 Å². The quantitative estimate of drug-likeness (QED) is 0.588. The van der Waals surface area contributed by atoms with E-state index >= 15 is 0 Å². The molecular weight excluding hydrogens is 208 g/mol. The molecule has 2 heterocycles. The van der Waals surface area contributed by atoms with Crippen molar-refractivity contribution >= 4 is 11.9 Å². The second-order valence-electron chi connectivity index (χ2n) is 5.28. The van der Waals surface area contributed by atoms with E-state index in [2.05, 4.69) is 0 Å². The standard InChI is InChI=1S/C12H16O4/c13-9-4-7-12(15-9)8-11(16-10(12)14)5-2-1-3-6-11/h1-8H2. The van der Waals surface area contributed by atoms with Crippen LogP contribution in [0.2, 0.25) is 0 Å². The SMILES string of the molecule is O=C1CCC2(CC3(CCCCC3)OC2=O)O1. The van der Waals surface area contributed by atoms with Crippen LogP contribution in [0.1, 0.15) is 51.4 Å². The van der Waals surface area contributed by atoms with Gasteiger partial charge in [0.1, 0.15) is 5.60 Å². The Hall–Kier alpha value is -1.06. The van der Waals surface area contributed by atoms with E-state index in [4.69, 9.17) is 9.47 Å². The van der Waals surface area contributed by atoms with E-state index in [9.17, 15) is 9.59 Å². The number of ether oxygens (including phenoxy) is 2. The highest BCUT2D eigenvalue weighted by atomic mass is 16.6. The van der Waals surface area contributed by atoms with Crippen LogP contribution >= 0.6 is 0 Å². The van der Waals surface area contributed by atoms with E-state index in [0.29, 0.717) is 19.3 Å². The van der Waals surface area contributed by atoms with Crippen molar-refractivity contribution in [2.45, 2.75) is 62.6 Å². The lowest BCUT2D eigenvalue weighted by Gasteiger charge is -2.31. The second kappa shape index (κ2) is 3.22. The zero-order valence-corrected chi connectivity index (χ0v) is 9.29. The van der Waals surface area contributed by atoms with Gasteiger partial charge in [0.2, 0.25) is 5.60 Å². The number of carbonyl (C=O) groups is 2. The van der Waals surface area contributed by atoms with Crippen LogP contribution in [-0.4, -0.2) is 23.1 Å². The predicted octanol–water partition coefficient (Wildman–Crippen LogP) is 1.71. The summed E-state index contributed by atoms with van der Waals surface area (Å²) in [7, 11) is 0. The average Bonchev–Trinajstić information content (AvgIpc) is 2.72. The summed E-state index contributed by atoms with van der Waals surface area (Å²) in [6.45, 7) is 0. The first-order valence-electron chi connectivity index (χ1n) is 6.10. The van der Waals surface area contributed by atoms with Gasteiger partial charge in [-0.15, -0.1) is 0 Å². The van der Waals surface area contributed by atoms with Crippen LogP contribution in [0.15, 0.2) is 0 Å². The third-order valence-electron chi connectivity index (χ3n) is 4.10. The maximum absolute atomic E-state index is 11.9. The third-order valence-corrected chi connectivity index (χ3v) is 4.10. The summed E-state index contributed by atoms with van der Waals surface area (Å²) in [6.07, 6.45) is 6.74. The van der Waals surface area contributed by atoms with Crippen molar-refractivity contribution in [2.24, 2.45) is 0 Å². The third kappa shape index (κ3) is 1.35. The Morgan fingerprint density at radius 3 is 2.31 bits per heavy atom. The Morgan fingerprint density at radius 1 is 0.938 bits per heavy atom. The summed E-state index contributed by atoms with van der Waals surface area (Å²) in [4.78, 5) is 23.1. The van der Waals surface area contributed by atoms with Crippen molar-refractivity contribution in [3.8, 4) is 0 Å². The minimum absolute atomic E-state index is 0.259. The molecule has 2 aliphatic heterocycles. The molecule has 0 aromatic rings. The average molecular weight is 224 g/mol. The molecule has 0 radical (unpaired) electrons. The Morgan fingerprint density at radius 2 is 1.69 bits per heavy atom. The summed E-state index contributed by atoms with van der Waals surface area (Å²) in [6, 6.07) is 0. The lowest BCUT2D eigenvalue weighted by atomic mass is 9.79. The molecule has 4 heteroatoms. The molecule has 0 aromatic carbocycles. The molecule has 0 bridgehead atoms. The van der Waals surface area contributed by atoms with Crippen molar-refractivity contribution in [1.82, 2.24) is 0 Å². The first-order chi connectivity index (χ1) is 7.64. The molecule has 1 unspecified atom stereocenters. The maximum Gasteiger partial charge on any atom is 0.351 e. The van der Waals surface area contributed by atoms with Crippen LogP contribution in [0.5, 0.6) is 0 Å². The lowest BCUT2D eigenvalue weighted by molar-refractivity contribution is -0.167. The highest BCUT2D eigenvalue weighted by molar-refractivity contribution is 5.88. The Kier molecular flexibility index (Phi) is 2.03. The second-order valence-corrected chi connectivity index (χ2v) is 5.28. The molecule has 1 aliphatic carbocycles. The first-order valence-corrected chi connectivity index (χ1v) is 6.10. The molecule has 3 rings (SSSR count). The zero-order valence-electron chi connectivity index (χ0n) is 9.29. The van der Waals surface area contributed by atoms with Gasteiger partial charge in [-0.1, -0.05) is 6.42 Å². The van der Waals surface area contributed by atoms with Gasteiger partial charge in [0, 0.05) is 19.3 Å². The van der Waals surface area contributed by atoms with Gasteiger partial charge in [0.15, 0.2) is 0 Å². The van der Waals surface area contributed by atoms with Gasteiger partial charge in [-0.2, -0.15) is 0 Å². The number of carbonyl (C=O) groups excluding carboxylic acids is 2. The summed E-state index contributed by atoms with van der Waals surface area (Å²) in [5.74, 6) is -0.565. The van der Waals surface area contributed by atoms with Gasteiger partial charge >= 0.3 is 11.9 Å². The Labute approximate surface area is 94.3 Å². The van der Waals surface area contributed by atoms with Crippen LogP contribution in [0.3, 0.4) is 0 Å². The molecule has 2 saturated heterocycles. The predicted molar refractivity (Wildman–Crippen MR) is 54.6 cm³/mol. The molecule has 88 valence electrons. The van der Waals surface area contributed by atoms with Gasteiger partial charge in [0.05, 0.1) is 0 Å². The molecule has 0 amide bonds. The van der Waals surface area contributed by atoms with Crippen LogP contribution in [-0.2, 0) is 19.1 Å². The van der Waals surface area contributed by atoms with E-state index in [1.165, 1.54) is 6.42 Å². The van der Waals surface area contributed by atoms with E-state index < -0.39 is 5.60 Å². The fraction of sp³-hybridized carbons (Fsp3) is 0.833. The summed E-state index contributed by atoms with van der Waals surface area (Å²) in [5, 5.41) is 0. The van der Waals surface area contributed by atoms with Gasteiger partial charge in [0.25, 0.3) is 0 Å². The molecule has 0 N–H and O–H groups in total. The molecule has 1 atom stereocenters. The van der Waals surface area contributed by atoms with Gasteiger partial charge in [-0.3, -0.25) is 4.79 Å². The lowest BCUT2D eigenvalue weighted by Crippen LogP contribution is -2.35. The molecule has 1 saturated carbocycles. The number of hydrogen-bond acceptors (Lipinski definition) is 4. The summed E-state index contributed by atoms with van der Waals surface area (Å²) < 4.78 is 10.8. The van der Waals surface area contributed by atoms with Crippen molar-refractivity contribution in [3.63, 3.8) is 0 Å². The van der Waals surface area contributed by atoms with Crippen molar-refractivity contribution in [3.05, 3.63) is 0 Å². The van der Waals surface area contributed by atoms with E-state index in [1.54, 1.807) is 0 Å². The van der Waals surface area contributed by atoms with Gasteiger partial charge in [-0.25, -0.2) is 4.79 Å². The van der Waals surface area contributed by atoms with Crippen LogP contribution in [0.25, 0.3) is 0 Å². The monoisotopic (exact) mass is 224 g/mol. The van der Waals surface area contributed by atoms with Crippen molar-refractivity contribution in [1.29, 1.82) is 0 Å². The molecular formula is C12H16O4. The Balaban J connectivity index is 1.84. The largest absolute Gasteiger partial charge is 0.456 e. The highest BCUT2D eigenvalue weighted by Crippen LogP contribution is 2.49. The molecule has 16 heavy (non-hydrogen) atoms. The minimum Gasteiger partial charge on any atom is -0.456 e. The molecule has 0 aromatic heterocycles. The number of rotatable bonds is 0. The van der Waals surface area contributed by atoms with Gasteiger partial charge < -0.3 is 9.47 Å². The fourth-order valence-corrected chi connectivity index (χ4v) is 3.29. The normalized spacial score (nSPS) is 36.8. The maximum atomic E-state index is 11.9. The van der Waals surface area contributed by atoms with Crippen LogP contribution in [0.4, 0.5) is 0 Å². The number of esters is 2. The molecule has 4 nitrogen and oxygen atoms in total. The van der Waals surface area contributed by atoms with E-state index in [0.717, 1.165) is 25.7 Å². The number of hydrogen-bond donors (Lipinski definition) is 0. The van der Waals surface area contributed by atoms with E-state index in [1.807, 2.05) is 0 Å². The fourth-order valence-electron chi connectivity index (χ4n) is 3.29. The van der Waals surface area contributed by atoms with Gasteiger partial charge in [-0.05, 0) is 25.7 Å². The van der Waals surface area contributed by atoms with Crippen LogP contribution < -0.4 is 0 Å². The topological polar surface area (TPSA) is 52.6 Å². The highest BCUT2D eigenvalue weighted by Gasteiger charge is 2.61. The smallest absolute Gasteiger partial charge is 0.351 e. The van der Waals surface area contributed by atoms with Crippen molar-refractivity contribution in [2.75, 3.05) is 0 Å². The Bertz CT molecular complexity index is 343. The molecule has 3 fully saturated rings. The van der Waals surface area contributed by atoms with Crippen LogP contribution in [0, 0.1) is 0 Å².